The summed E-state index contributed by atoms with van der Waals surface area (Å²) in [7, 11) is 0. The summed E-state index contributed by atoms with van der Waals surface area (Å²) < 4.78 is 37.3. The number of alkyl halides is 3. The highest BCUT2D eigenvalue weighted by atomic mass is 35.5. The number of hydrogen-bond donors (Lipinski definition) is 1. The molecule has 116 valence electrons. The van der Waals surface area contributed by atoms with Gasteiger partial charge in [-0.3, -0.25) is 4.79 Å². The van der Waals surface area contributed by atoms with Crippen molar-refractivity contribution in [2.45, 2.75) is 12.6 Å². The maximum atomic E-state index is 12.4. The fourth-order valence-electron chi connectivity index (χ4n) is 1.92. The van der Waals surface area contributed by atoms with Gasteiger partial charge in [0.25, 0.3) is 5.91 Å². The van der Waals surface area contributed by atoms with Crippen LogP contribution in [0.3, 0.4) is 0 Å². The zero-order valence-electron chi connectivity index (χ0n) is 11.5. The van der Waals surface area contributed by atoms with E-state index in [9.17, 15) is 18.0 Å². The summed E-state index contributed by atoms with van der Waals surface area (Å²) in [6.07, 6.45) is -3.90. The SMILES string of the molecule is O=C(NCCc1ccc(C(F)(F)F)cc1)c1ccccc1Cl. The van der Waals surface area contributed by atoms with Crippen molar-refractivity contribution in [3.8, 4) is 0 Å². The minimum atomic E-state index is -4.34. The molecule has 1 N–H and O–H groups in total. The molecule has 6 heteroatoms. The zero-order chi connectivity index (χ0) is 16.2. The molecule has 2 rings (SSSR count). The second kappa shape index (κ2) is 6.83. The van der Waals surface area contributed by atoms with Gasteiger partial charge in [-0.25, -0.2) is 0 Å². The van der Waals surface area contributed by atoms with Crippen LogP contribution in [0.25, 0.3) is 0 Å². The lowest BCUT2D eigenvalue weighted by atomic mass is 10.1. The first-order valence-electron chi connectivity index (χ1n) is 6.57. The highest BCUT2D eigenvalue weighted by Crippen LogP contribution is 2.29. The van der Waals surface area contributed by atoms with Crippen LogP contribution >= 0.6 is 11.6 Å². The van der Waals surface area contributed by atoms with Crippen LogP contribution < -0.4 is 5.32 Å². The molecule has 0 saturated heterocycles. The summed E-state index contributed by atoms with van der Waals surface area (Å²) in [5.41, 5.74) is 0.403. The lowest BCUT2D eigenvalue weighted by Crippen LogP contribution is -2.25. The molecule has 0 unspecified atom stereocenters. The molecule has 0 aromatic heterocycles. The topological polar surface area (TPSA) is 29.1 Å². The average Bonchev–Trinajstić information content (AvgIpc) is 2.47. The van der Waals surface area contributed by atoms with Gasteiger partial charge in [-0.2, -0.15) is 13.2 Å². The number of carbonyl (C=O) groups excluding carboxylic acids is 1. The van der Waals surface area contributed by atoms with Crippen LogP contribution in [0.5, 0.6) is 0 Å². The van der Waals surface area contributed by atoms with Crippen LogP contribution in [0.1, 0.15) is 21.5 Å². The van der Waals surface area contributed by atoms with Crippen molar-refractivity contribution in [2.75, 3.05) is 6.54 Å². The Morgan fingerprint density at radius 1 is 1.05 bits per heavy atom. The molecule has 0 saturated carbocycles. The van der Waals surface area contributed by atoms with Crippen LogP contribution in [-0.4, -0.2) is 12.5 Å². The minimum Gasteiger partial charge on any atom is -0.352 e. The van der Waals surface area contributed by atoms with Crippen molar-refractivity contribution < 1.29 is 18.0 Å². The van der Waals surface area contributed by atoms with Gasteiger partial charge in [0.15, 0.2) is 0 Å². The number of rotatable bonds is 4. The van der Waals surface area contributed by atoms with Crippen molar-refractivity contribution in [2.24, 2.45) is 0 Å². The van der Waals surface area contributed by atoms with E-state index in [4.69, 9.17) is 11.6 Å². The monoisotopic (exact) mass is 327 g/mol. The molecule has 2 nitrogen and oxygen atoms in total. The van der Waals surface area contributed by atoms with Gasteiger partial charge in [-0.15, -0.1) is 0 Å². The van der Waals surface area contributed by atoms with Crippen molar-refractivity contribution in [3.05, 3.63) is 70.2 Å². The maximum Gasteiger partial charge on any atom is 0.416 e. The van der Waals surface area contributed by atoms with Gasteiger partial charge in [-0.1, -0.05) is 35.9 Å². The van der Waals surface area contributed by atoms with E-state index in [0.29, 0.717) is 29.1 Å². The van der Waals surface area contributed by atoms with Crippen LogP contribution in [0.4, 0.5) is 13.2 Å². The van der Waals surface area contributed by atoms with Crippen LogP contribution in [0.2, 0.25) is 5.02 Å². The fraction of sp³-hybridized carbons (Fsp3) is 0.188. The first-order valence-corrected chi connectivity index (χ1v) is 6.94. The van der Waals surface area contributed by atoms with E-state index in [1.165, 1.54) is 12.1 Å². The predicted octanol–water partition coefficient (Wildman–Crippen LogP) is 4.33. The molecule has 0 atom stereocenters. The molecule has 22 heavy (non-hydrogen) atoms. The van der Waals surface area contributed by atoms with Crippen LogP contribution in [0.15, 0.2) is 48.5 Å². The molecule has 2 aromatic carbocycles. The third kappa shape index (κ3) is 4.24. The van der Waals surface area contributed by atoms with Gasteiger partial charge in [0.05, 0.1) is 16.1 Å². The number of hydrogen-bond acceptors (Lipinski definition) is 1. The Morgan fingerprint density at radius 3 is 2.27 bits per heavy atom. The molecule has 0 aliphatic heterocycles. The lowest BCUT2D eigenvalue weighted by molar-refractivity contribution is -0.137. The van der Waals surface area contributed by atoms with Gasteiger partial charge in [0.2, 0.25) is 0 Å². The smallest absolute Gasteiger partial charge is 0.352 e. The molecule has 0 aliphatic carbocycles. The maximum absolute atomic E-state index is 12.4. The largest absolute Gasteiger partial charge is 0.416 e. The van der Waals surface area contributed by atoms with Crippen molar-refractivity contribution >= 4 is 17.5 Å². The summed E-state index contributed by atoms with van der Waals surface area (Å²) >= 11 is 5.91. The van der Waals surface area contributed by atoms with Gasteiger partial charge in [-0.05, 0) is 36.2 Å². The third-order valence-electron chi connectivity index (χ3n) is 3.10. The van der Waals surface area contributed by atoms with E-state index in [-0.39, 0.29) is 5.91 Å². The number of nitrogens with one attached hydrogen (secondary N) is 1. The quantitative estimate of drug-likeness (QED) is 0.889. The molecule has 0 aliphatic rings. The third-order valence-corrected chi connectivity index (χ3v) is 3.43. The number of benzene rings is 2. The number of amides is 1. The molecule has 0 spiro atoms. The molecule has 0 heterocycles. The second-order valence-corrected chi connectivity index (χ2v) is 5.09. The van der Waals surface area contributed by atoms with Gasteiger partial charge in [0.1, 0.15) is 0 Å². The van der Waals surface area contributed by atoms with E-state index in [1.807, 2.05) is 0 Å². The van der Waals surface area contributed by atoms with E-state index in [0.717, 1.165) is 12.1 Å². The van der Waals surface area contributed by atoms with Crippen molar-refractivity contribution in [3.63, 3.8) is 0 Å². The fourth-order valence-corrected chi connectivity index (χ4v) is 2.14. The summed E-state index contributed by atoms with van der Waals surface area (Å²) in [6.45, 7) is 0.315. The van der Waals surface area contributed by atoms with E-state index < -0.39 is 11.7 Å². The van der Waals surface area contributed by atoms with Crippen molar-refractivity contribution in [1.29, 1.82) is 0 Å². The first-order chi connectivity index (χ1) is 10.4. The highest BCUT2D eigenvalue weighted by Gasteiger charge is 2.29. The molecular formula is C16H13ClF3NO. The van der Waals surface area contributed by atoms with Crippen LogP contribution in [-0.2, 0) is 12.6 Å². The molecule has 2 aromatic rings. The first kappa shape index (κ1) is 16.4. The van der Waals surface area contributed by atoms with Crippen molar-refractivity contribution in [1.82, 2.24) is 5.32 Å². The summed E-state index contributed by atoms with van der Waals surface area (Å²) in [4.78, 5) is 11.9. The van der Waals surface area contributed by atoms with E-state index in [2.05, 4.69) is 5.32 Å². The summed E-state index contributed by atoms with van der Waals surface area (Å²) in [5.74, 6) is -0.308. The number of carbonyl (C=O) groups is 1. The highest BCUT2D eigenvalue weighted by molar-refractivity contribution is 6.33. The Morgan fingerprint density at radius 2 is 1.68 bits per heavy atom. The van der Waals surface area contributed by atoms with Gasteiger partial charge >= 0.3 is 6.18 Å². The minimum absolute atomic E-state index is 0.308. The predicted molar refractivity (Wildman–Crippen MR) is 78.9 cm³/mol. The Kier molecular flexibility index (Phi) is 5.08. The van der Waals surface area contributed by atoms with E-state index >= 15 is 0 Å². The van der Waals surface area contributed by atoms with E-state index in [1.54, 1.807) is 24.3 Å². The van der Waals surface area contributed by atoms with Gasteiger partial charge < -0.3 is 5.32 Å². The zero-order valence-corrected chi connectivity index (χ0v) is 12.2. The Hall–Kier alpha value is -2.01. The molecule has 0 bridgehead atoms. The van der Waals surface area contributed by atoms with Crippen LogP contribution in [0, 0.1) is 0 Å². The number of halogens is 4. The second-order valence-electron chi connectivity index (χ2n) is 4.68. The Bertz CT molecular complexity index is 653. The standard InChI is InChI=1S/C16H13ClF3NO/c17-14-4-2-1-3-13(14)15(22)21-10-9-11-5-7-12(8-6-11)16(18,19)20/h1-8H,9-10H2,(H,21,22). The molecule has 1 amide bonds. The average molecular weight is 328 g/mol. The Balaban J connectivity index is 1.89. The molecule has 0 fully saturated rings. The normalized spacial score (nSPS) is 11.3. The molecule has 0 radical (unpaired) electrons. The van der Waals surface area contributed by atoms with Gasteiger partial charge in [0, 0.05) is 6.54 Å². The molecular weight excluding hydrogens is 315 g/mol. The summed E-state index contributed by atoms with van der Waals surface area (Å²) in [5, 5.41) is 3.04. The lowest BCUT2D eigenvalue weighted by Gasteiger charge is -2.09. The Labute approximate surface area is 130 Å². The summed E-state index contributed by atoms with van der Waals surface area (Å²) in [6, 6.07) is 11.5.